The summed E-state index contributed by atoms with van der Waals surface area (Å²) in [5.41, 5.74) is 1.21. The van der Waals surface area contributed by atoms with Crippen molar-refractivity contribution in [3.63, 3.8) is 0 Å². The molecule has 0 saturated carbocycles. The second kappa shape index (κ2) is 7.90. The lowest BCUT2D eigenvalue weighted by atomic mass is 9.98. The Morgan fingerprint density at radius 1 is 1.25 bits per heavy atom. The number of sulfonamides is 1. The van der Waals surface area contributed by atoms with Gasteiger partial charge in [-0.1, -0.05) is 6.58 Å². The van der Waals surface area contributed by atoms with Crippen LogP contribution in [0.5, 0.6) is 0 Å². The number of anilines is 1. The van der Waals surface area contributed by atoms with E-state index in [2.05, 4.69) is 6.58 Å². The van der Waals surface area contributed by atoms with Crippen molar-refractivity contribution in [2.24, 2.45) is 0 Å². The van der Waals surface area contributed by atoms with Gasteiger partial charge in [0.15, 0.2) is 5.78 Å². The van der Waals surface area contributed by atoms with Crippen molar-refractivity contribution in [3.05, 3.63) is 65.5 Å². The number of furan rings is 1. The summed E-state index contributed by atoms with van der Waals surface area (Å²) in [6, 6.07) is 8.23. The van der Waals surface area contributed by atoms with Gasteiger partial charge in [0.2, 0.25) is 10.0 Å². The first kappa shape index (κ1) is 21.8. The summed E-state index contributed by atoms with van der Waals surface area (Å²) < 4.78 is 50.5. The number of rotatable bonds is 4. The Morgan fingerprint density at radius 3 is 2.56 bits per heavy atom. The third-order valence-electron chi connectivity index (χ3n) is 5.24. The van der Waals surface area contributed by atoms with Gasteiger partial charge in [0, 0.05) is 29.1 Å². The normalized spacial score (nSPS) is 14.4. The number of halogens is 1. The van der Waals surface area contributed by atoms with E-state index in [1.54, 1.807) is 6.92 Å². The SMILES string of the molecule is C=C1CCN(S(C)(=O)=O)c2cc3oc(-c4ccc(F)cc4)c(C(=O)OCC)c3cc2C1=O. The molecule has 4 rings (SSSR count). The van der Waals surface area contributed by atoms with Gasteiger partial charge in [0.05, 0.1) is 18.6 Å². The topological polar surface area (TPSA) is 93.9 Å². The first-order valence-electron chi connectivity index (χ1n) is 9.85. The molecular formula is C23H20FNO6S. The summed E-state index contributed by atoms with van der Waals surface area (Å²) >= 11 is 0. The van der Waals surface area contributed by atoms with Crippen molar-refractivity contribution in [2.45, 2.75) is 13.3 Å². The van der Waals surface area contributed by atoms with E-state index in [1.165, 1.54) is 36.4 Å². The summed E-state index contributed by atoms with van der Waals surface area (Å²) in [4.78, 5) is 25.8. The molecule has 0 amide bonds. The molecule has 2 aromatic carbocycles. The minimum atomic E-state index is -3.70. The molecule has 0 bridgehead atoms. The van der Waals surface area contributed by atoms with Crippen LogP contribution in [0.25, 0.3) is 22.3 Å². The summed E-state index contributed by atoms with van der Waals surface area (Å²) in [5.74, 6) is -1.41. The Bertz CT molecular complexity index is 1370. The quantitative estimate of drug-likeness (QED) is 0.428. The molecule has 32 heavy (non-hydrogen) atoms. The lowest BCUT2D eigenvalue weighted by Gasteiger charge is -2.21. The average molecular weight is 457 g/mol. The van der Waals surface area contributed by atoms with Crippen molar-refractivity contribution in [1.82, 2.24) is 0 Å². The molecule has 7 nitrogen and oxygen atoms in total. The predicted octanol–water partition coefficient (Wildman–Crippen LogP) is 4.32. The maximum absolute atomic E-state index is 13.4. The van der Waals surface area contributed by atoms with Crippen molar-refractivity contribution < 1.29 is 31.6 Å². The number of ether oxygens (including phenoxy) is 1. The van der Waals surface area contributed by atoms with E-state index >= 15 is 0 Å². The molecule has 3 aromatic rings. The zero-order valence-electron chi connectivity index (χ0n) is 17.5. The molecule has 2 heterocycles. The highest BCUT2D eigenvalue weighted by atomic mass is 32.2. The molecule has 0 spiro atoms. The molecule has 1 aliphatic rings. The smallest absolute Gasteiger partial charge is 0.342 e. The maximum Gasteiger partial charge on any atom is 0.342 e. The molecule has 9 heteroatoms. The van der Waals surface area contributed by atoms with Gasteiger partial charge in [-0.25, -0.2) is 17.6 Å². The second-order valence-corrected chi connectivity index (χ2v) is 9.32. The van der Waals surface area contributed by atoms with Gasteiger partial charge >= 0.3 is 5.97 Å². The molecule has 1 aliphatic heterocycles. The second-order valence-electron chi connectivity index (χ2n) is 7.42. The number of nitrogens with zero attached hydrogens (tertiary/aromatic N) is 1. The number of carbonyl (C=O) groups excluding carboxylic acids is 2. The van der Waals surface area contributed by atoms with E-state index < -0.39 is 27.6 Å². The third kappa shape index (κ3) is 3.69. The van der Waals surface area contributed by atoms with Crippen LogP contribution in [0.15, 0.2) is 53.0 Å². The zero-order chi connectivity index (χ0) is 23.2. The van der Waals surface area contributed by atoms with Crippen LogP contribution in [0.3, 0.4) is 0 Å². The molecular weight excluding hydrogens is 437 g/mol. The van der Waals surface area contributed by atoms with Crippen LogP contribution in [0.2, 0.25) is 0 Å². The van der Waals surface area contributed by atoms with Crippen molar-refractivity contribution in [3.8, 4) is 11.3 Å². The van der Waals surface area contributed by atoms with Gasteiger partial charge < -0.3 is 9.15 Å². The van der Waals surface area contributed by atoms with Crippen molar-refractivity contribution >= 4 is 38.4 Å². The van der Waals surface area contributed by atoms with E-state index in [0.29, 0.717) is 5.56 Å². The molecule has 0 fully saturated rings. The Balaban J connectivity index is 2.05. The summed E-state index contributed by atoms with van der Waals surface area (Å²) in [5, 5.41) is 0.290. The predicted molar refractivity (Wildman–Crippen MR) is 118 cm³/mol. The molecule has 0 N–H and O–H groups in total. The standard InChI is InChI=1S/C23H20FNO6S/c1-4-30-23(27)20-17-11-16-18(25(32(3,28)29)10-9-13(2)21(16)26)12-19(17)31-22(20)14-5-7-15(24)8-6-14/h5-8,11-12H,2,4,9-10H2,1,3H3. The molecule has 1 aromatic heterocycles. The van der Waals surface area contributed by atoms with Crippen molar-refractivity contribution in [2.75, 3.05) is 23.7 Å². The highest BCUT2D eigenvalue weighted by Crippen LogP contribution is 2.40. The van der Waals surface area contributed by atoms with E-state index in [0.717, 1.165) is 10.6 Å². The highest BCUT2D eigenvalue weighted by Gasteiger charge is 2.32. The largest absolute Gasteiger partial charge is 0.462 e. The van der Waals surface area contributed by atoms with E-state index in [9.17, 15) is 22.4 Å². The van der Waals surface area contributed by atoms with Crippen LogP contribution >= 0.6 is 0 Å². The Kier molecular flexibility index (Phi) is 5.37. The number of ketones is 1. The molecule has 166 valence electrons. The van der Waals surface area contributed by atoms with E-state index in [1.807, 2.05) is 0 Å². The van der Waals surface area contributed by atoms with Crippen LogP contribution < -0.4 is 4.31 Å². The molecule has 0 radical (unpaired) electrons. The van der Waals surface area contributed by atoms with Crippen LogP contribution in [0, 0.1) is 5.82 Å². The van der Waals surface area contributed by atoms with Gasteiger partial charge in [0.25, 0.3) is 0 Å². The number of esters is 1. The zero-order valence-corrected chi connectivity index (χ0v) is 18.3. The Labute approximate surface area is 184 Å². The minimum absolute atomic E-state index is 0.0537. The van der Waals surface area contributed by atoms with Gasteiger partial charge in [0.1, 0.15) is 22.7 Å². The fraction of sp³-hybridized carbons (Fsp3) is 0.217. The van der Waals surface area contributed by atoms with E-state index in [4.69, 9.17) is 9.15 Å². The van der Waals surface area contributed by atoms with Gasteiger partial charge in [-0.2, -0.15) is 0 Å². The molecule has 0 aliphatic carbocycles. The number of hydrogen-bond donors (Lipinski definition) is 0. The van der Waals surface area contributed by atoms with Crippen LogP contribution in [-0.2, 0) is 14.8 Å². The number of Topliss-reactive ketones (excluding diaryl/α,β-unsaturated/α-hetero) is 1. The first-order valence-corrected chi connectivity index (χ1v) is 11.7. The number of hydrogen-bond acceptors (Lipinski definition) is 6. The number of benzene rings is 2. The van der Waals surface area contributed by atoms with Gasteiger partial charge in [-0.05, 0) is 49.2 Å². The fourth-order valence-corrected chi connectivity index (χ4v) is 4.67. The van der Waals surface area contributed by atoms with Crippen molar-refractivity contribution in [1.29, 1.82) is 0 Å². The molecule has 0 atom stereocenters. The van der Waals surface area contributed by atoms with Crippen LogP contribution in [0.1, 0.15) is 34.1 Å². The molecule has 0 saturated heterocycles. The van der Waals surface area contributed by atoms with Crippen LogP contribution in [-0.4, -0.2) is 39.6 Å². The number of fused-ring (bicyclic) bond motifs is 2. The van der Waals surface area contributed by atoms with Crippen LogP contribution in [0.4, 0.5) is 10.1 Å². The Morgan fingerprint density at radius 2 is 1.94 bits per heavy atom. The average Bonchev–Trinajstić information content (AvgIpc) is 3.05. The minimum Gasteiger partial charge on any atom is -0.462 e. The monoisotopic (exact) mass is 457 g/mol. The van der Waals surface area contributed by atoms with E-state index in [-0.39, 0.29) is 58.7 Å². The first-order chi connectivity index (χ1) is 15.1. The lowest BCUT2D eigenvalue weighted by Crippen LogP contribution is -2.30. The molecule has 0 unspecified atom stereocenters. The van der Waals surface area contributed by atoms with Gasteiger partial charge in [-0.15, -0.1) is 0 Å². The lowest BCUT2D eigenvalue weighted by molar-refractivity contribution is 0.0528. The summed E-state index contributed by atoms with van der Waals surface area (Å²) in [6.45, 7) is 5.59. The summed E-state index contributed by atoms with van der Waals surface area (Å²) in [7, 11) is -3.70. The fourth-order valence-electron chi connectivity index (χ4n) is 3.74. The Hall–Kier alpha value is -3.46. The maximum atomic E-state index is 13.4. The summed E-state index contributed by atoms with van der Waals surface area (Å²) in [6.07, 6.45) is 1.23. The van der Waals surface area contributed by atoms with Gasteiger partial charge in [-0.3, -0.25) is 9.10 Å². The number of carbonyl (C=O) groups is 2. The third-order valence-corrected chi connectivity index (χ3v) is 6.42. The highest BCUT2D eigenvalue weighted by molar-refractivity contribution is 7.92.